The first-order chi connectivity index (χ1) is 10.5. The van der Waals surface area contributed by atoms with Crippen molar-refractivity contribution in [1.29, 1.82) is 0 Å². The third-order valence-corrected chi connectivity index (χ3v) is 2.97. The maximum Gasteiger partial charge on any atom is 0.356 e. The van der Waals surface area contributed by atoms with Crippen LogP contribution in [0, 0.1) is 0 Å². The minimum atomic E-state index is -0.516. The SMILES string of the molecule is COC(=O)c1cc(NC(C)=O)nn1Cc1ccc(OC)cc1. The molecule has 2 rings (SSSR count). The van der Waals surface area contributed by atoms with Gasteiger partial charge in [-0.15, -0.1) is 0 Å². The Morgan fingerprint density at radius 2 is 1.91 bits per heavy atom. The van der Waals surface area contributed by atoms with Crippen molar-refractivity contribution in [1.82, 2.24) is 9.78 Å². The molecule has 2 aromatic rings. The molecule has 0 spiro atoms. The average Bonchev–Trinajstić information content (AvgIpc) is 2.89. The average molecular weight is 303 g/mol. The third kappa shape index (κ3) is 3.63. The lowest BCUT2D eigenvalue weighted by molar-refractivity contribution is -0.114. The number of rotatable bonds is 5. The molecule has 0 aliphatic rings. The maximum absolute atomic E-state index is 11.8. The first kappa shape index (κ1) is 15.6. The van der Waals surface area contributed by atoms with Gasteiger partial charge in [0.2, 0.25) is 5.91 Å². The number of hydrogen-bond donors (Lipinski definition) is 1. The van der Waals surface area contributed by atoms with Crippen LogP contribution in [0.3, 0.4) is 0 Å². The number of nitrogens with zero attached hydrogens (tertiary/aromatic N) is 2. The highest BCUT2D eigenvalue weighted by molar-refractivity contribution is 5.91. The number of benzene rings is 1. The Labute approximate surface area is 127 Å². The molecule has 1 aromatic heterocycles. The van der Waals surface area contributed by atoms with Gasteiger partial charge in [-0.3, -0.25) is 9.48 Å². The largest absolute Gasteiger partial charge is 0.497 e. The fourth-order valence-electron chi connectivity index (χ4n) is 1.95. The number of methoxy groups -OCH3 is 2. The van der Waals surface area contributed by atoms with Gasteiger partial charge in [-0.05, 0) is 17.7 Å². The zero-order valence-electron chi connectivity index (χ0n) is 12.6. The van der Waals surface area contributed by atoms with Crippen LogP contribution in [-0.2, 0) is 16.1 Å². The molecule has 0 bridgehead atoms. The Kier molecular flexibility index (Phi) is 4.77. The van der Waals surface area contributed by atoms with Gasteiger partial charge in [0.1, 0.15) is 11.4 Å². The quantitative estimate of drug-likeness (QED) is 0.850. The number of anilines is 1. The van der Waals surface area contributed by atoms with Crippen LogP contribution in [0.5, 0.6) is 5.75 Å². The number of hydrogen-bond acceptors (Lipinski definition) is 5. The topological polar surface area (TPSA) is 82.5 Å². The standard InChI is InChI=1S/C15H17N3O4/c1-10(19)16-14-8-13(15(20)22-3)18(17-14)9-11-4-6-12(21-2)7-5-11/h4-8H,9H2,1-3H3,(H,16,17,19). The highest BCUT2D eigenvalue weighted by atomic mass is 16.5. The Morgan fingerprint density at radius 3 is 2.45 bits per heavy atom. The number of carbonyl (C=O) groups is 2. The van der Waals surface area contributed by atoms with E-state index in [-0.39, 0.29) is 11.6 Å². The Morgan fingerprint density at radius 1 is 1.23 bits per heavy atom. The Bertz CT molecular complexity index is 677. The van der Waals surface area contributed by atoms with E-state index >= 15 is 0 Å². The van der Waals surface area contributed by atoms with Crippen LogP contribution in [-0.4, -0.2) is 35.9 Å². The highest BCUT2D eigenvalue weighted by Crippen LogP contribution is 2.16. The Balaban J connectivity index is 2.28. The molecule has 7 heteroatoms. The van der Waals surface area contributed by atoms with E-state index in [0.717, 1.165) is 11.3 Å². The summed E-state index contributed by atoms with van der Waals surface area (Å²) in [4.78, 5) is 22.9. The molecule has 0 saturated heterocycles. The van der Waals surface area contributed by atoms with E-state index in [1.165, 1.54) is 24.8 Å². The molecular weight excluding hydrogens is 286 g/mol. The van der Waals surface area contributed by atoms with Crippen LogP contribution in [0.1, 0.15) is 23.0 Å². The van der Waals surface area contributed by atoms with Crippen molar-refractivity contribution in [2.75, 3.05) is 19.5 Å². The number of esters is 1. The number of amides is 1. The van der Waals surface area contributed by atoms with Crippen LogP contribution in [0.25, 0.3) is 0 Å². The summed E-state index contributed by atoms with van der Waals surface area (Å²) in [5.41, 5.74) is 1.20. The molecule has 0 aliphatic carbocycles. The fourth-order valence-corrected chi connectivity index (χ4v) is 1.95. The van der Waals surface area contributed by atoms with Crippen LogP contribution in [0.2, 0.25) is 0 Å². The van der Waals surface area contributed by atoms with E-state index in [4.69, 9.17) is 9.47 Å². The summed E-state index contributed by atoms with van der Waals surface area (Å²) >= 11 is 0. The molecule has 0 radical (unpaired) electrons. The molecule has 1 aromatic carbocycles. The molecule has 22 heavy (non-hydrogen) atoms. The lowest BCUT2D eigenvalue weighted by atomic mass is 10.2. The van der Waals surface area contributed by atoms with E-state index < -0.39 is 5.97 Å². The normalized spacial score (nSPS) is 10.1. The molecule has 0 saturated carbocycles. The first-order valence-electron chi connectivity index (χ1n) is 6.60. The number of ether oxygens (including phenoxy) is 2. The summed E-state index contributed by atoms with van der Waals surface area (Å²) in [5.74, 6) is 0.279. The zero-order valence-corrected chi connectivity index (χ0v) is 12.6. The first-order valence-corrected chi connectivity index (χ1v) is 6.60. The van der Waals surface area contributed by atoms with Gasteiger partial charge in [-0.25, -0.2) is 4.79 Å². The Hall–Kier alpha value is -2.83. The molecule has 0 unspecified atom stereocenters. The fraction of sp³-hybridized carbons (Fsp3) is 0.267. The molecule has 0 atom stereocenters. The predicted molar refractivity (Wildman–Crippen MR) is 80.0 cm³/mol. The molecule has 0 aliphatic heterocycles. The summed E-state index contributed by atoms with van der Waals surface area (Å²) in [6.07, 6.45) is 0. The van der Waals surface area contributed by atoms with E-state index in [2.05, 4.69) is 10.4 Å². The number of aromatic nitrogens is 2. The van der Waals surface area contributed by atoms with Crippen LogP contribution in [0.4, 0.5) is 5.82 Å². The van der Waals surface area contributed by atoms with Crippen molar-refractivity contribution < 1.29 is 19.1 Å². The lowest BCUT2D eigenvalue weighted by Gasteiger charge is -2.07. The molecule has 1 heterocycles. The highest BCUT2D eigenvalue weighted by Gasteiger charge is 2.16. The van der Waals surface area contributed by atoms with Gasteiger partial charge in [-0.2, -0.15) is 5.10 Å². The monoisotopic (exact) mass is 303 g/mol. The van der Waals surface area contributed by atoms with Gasteiger partial charge in [0, 0.05) is 13.0 Å². The molecule has 116 valence electrons. The van der Waals surface area contributed by atoms with Gasteiger partial charge >= 0.3 is 5.97 Å². The van der Waals surface area contributed by atoms with Crippen molar-refractivity contribution in [3.8, 4) is 5.75 Å². The number of nitrogens with one attached hydrogen (secondary N) is 1. The minimum absolute atomic E-state index is 0.259. The van der Waals surface area contributed by atoms with E-state index in [9.17, 15) is 9.59 Å². The minimum Gasteiger partial charge on any atom is -0.497 e. The van der Waals surface area contributed by atoms with Gasteiger partial charge in [0.25, 0.3) is 0 Å². The second kappa shape index (κ2) is 6.75. The molecular formula is C15H17N3O4. The van der Waals surface area contributed by atoms with E-state index in [1.807, 2.05) is 24.3 Å². The second-order valence-corrected chi connectivity index (χ2v) is 4.59. The summed E-state index contributed by atoms with van der Waals surface area (Å²) in [5, 5.41) is 6.76. The van der Waals surface area contributed by atoms with Gasteiger partial charge < -0.3 is 14.8 Å². The van der Waals surface area contributed by atoms with Crippen LogP contribution < -0.4 is 10.1 Å². The van der Waals surface area contributed by atoms with Crippen molar-refractivity contribution in [2.24, 2.45) is 0 Å². The predicted octanol–water partition coefficient (Wildman–Crippen LogP) is 1.69. The maximum atomic E-state index is 11.8. The molecule has 7 nitrogen and oxygen atoms in total. The van der Waals surface area contributed by atoms with Gasteiger partial charge in [0.15, 0.2) is 5.82 Å². The smallest absolute Gasteiger partial charge is 0.356 e. The van der Waals surface area contributed by atoms with E-state index in [1.54, 1.807) is 7.11 Å². The van der Waals surface area contributed by atoms with Crippen molar-refractivity contribution in [3.63, 3.8) is 0 Å². The third-order valence-electron chi connectivity index (χ3n) is 2.97. The van der Waals surface area contributed by atoms with Crippen molar-refractivity contribution in [3.05, 3.63) is 41.6 Å². The summed E-state index contributed by atoms with van der Waals surface area (Å²) < 4.78 is 11.3. The lowest BCUT2D eigenvalue weighted by Crippen LogP contribution is -2.13. The molecule has 1 N–H and O–H groups in total. The van der Waals surface area contributed by atoms with Crippen molar-refractivity contribution >= 4 is 17.7 Å². The van der Waals surface area contributed by atoms with Crippen LogP contribution in [0.15, 0.2) is 30.3 Å². The van der Waals surface area contributed by atoms with Gasteiger partial charge in [0.05, 0.1) is 20.8 Å². The van der Waals surface area contributed by atoms with Crippen LogP contribution >= 0.6 is 0 Å². The molecule has 1 amide bonds. The zero-order chi connectivity index (χ0) is 16.1. The number of carbonyl (C=O) groups excluding carboxylic acids is 2. The molecule has 0 fully saturated rings. The van der Waals surface area contributed by atoms with Gasteiger partial charge in [-0.1, -0.05) is 12.1 Å². The summed E-state index contributed by atoms with van der Waals surface area (Å²) in [6.45, 7) is 1.74. The summed E-state index contributed by atoms with van der Waals surface area (Å²) in [7, 11) is 2.89. The van der Waals surface area contributed by atoms with Crippen molar-refractivity contribution in [2.45, 2.75) is 13.5 Å². The summed E-state index contributed by atoms with van der Waals surface area (Å²) in [6, 6.07) is 8.88. The van der Waals surface area contributed by atoms with E-state index in [0.29, 0.717) is 12.4 Å². The second-order valence-electron chi connectivity index (χ2n) is 4.59.